The van der Waals surface area contributed by atoms with Crippen molar-refractivity contribution in [2.45, 2.75) is 25.8 Å². The van der Waals surface area contributed by atoms with E-state index in [0.29, 0.717) is 25.9 Å². The number of methoxy groups -OCH3 is 1. The molecule has 15 heavy (non-hydrogen) atoms. The van der Waals surface area contributed by atoms with Gasteiger partial charge in [-0.1, -0.05) is 6.92 Å². The van der Waals surface area contributed by atoms with Gasteiger partial charge >= 0.3 is 11.9 Å². The van der Waals surface area contributed by atoms with E-state index in [4.69, 9.17) is 5.11 Å². The van der Waals surface area contributed by atoms with Gasteiger partial charge in [-0.25, -0.2) is 0 Å². The highest BCUT2D eigenvalue weighted by molar-refractivity contribution is 5.75. The van der Waals surface area contributed by atoms with Gasteiger partial charge in [-0.3, -0.25) is 14.5 Å². The molecule has 0 radical (unpaired) electrons. The summed E-state index contributed by atoms with van der Waals surface area (Å²) in [7, 11) is 1.36. The van der Waals surface area contributed by atoms with Crippen LogP contribution in [0.5, 0.6) is 0 Å². The lowest BCUT2D eigenvalue weighted by Crippen LogP contribution is -2.39. The molecule has 2 unspecified atom stereocenters. The first-order chi connectivity index (χ1) is 7.10. The third-order valence-corrected chi connectivity index (χ3v) is 2.87. The fourth-order valence-corrected chi connectivity index (χ4v) is 2.02. The zero-order valence-corrected chi connectivity index (χ0v) is 9.10. The minimum absolute atomic E-state index is 0.164. The van der Waals surface area contributed by atoms with Crippen LogP contribution in [0.15, 0.2) is 0 Å². The molecule has 0 saturated carbocycles. The van der Waals surface area contributed by atoms with Crippen LogP contribution in [0.2, 0.25) is 0 Å². The Morgan fingerprint density at radius 3 is 2.73 bits per heavy atom. The number of likely N-dealkylation sites (tertiary alicyclic amines) is 1. The minimum atomic E-state index is -0.817. The molecule has 0 aromatic rings. The second kappa shape index (κ2) is 5.11. The molecule has 1 heterocycles. The summed E-state index contributed by atoms with van der Waals surface area (Å²) in [6.45, 7) is 2.99. The van der Waals surface area contributed by atoms with E-state index in [1.165, 1.54) is 7.11 Å². The summed E-state index contributed by atoms with van der Waals surface area (Å²) in [4.78, 5) is 24.0. The van der Waals surface area contributed by atoms with Crippen molar-refractivity contribution < 1.29 is 19.4 Å². The third-order valence-electron chi connectivity index (χ3n) is 2.87. The molecular formula is C10H17NO4. The Morgan fingerprint density at radius 2 is 2.27 bits per heavy atom. The Balaban J connectivity index is 2.54. The van der Waals surface area contributed by atoms with Crippen molar-refractivity contribution in [2.24, 2.45) is 5.92 Å². The highest BCUT2D eigenvalue weighted by Gasteiger charge is 2.34. The summed E-state index contributed by atoms with van der Waals surface area (Å²) in [6.07, 6.45) is 1.25. The first-order valence-corrected chi connectivity index (χ1v) is 5.14. The molecule has 2 atom stereocenters. The summed E-state index contributed by atoms with van der Waals surface area (Å²) in [5.74, 6) is -1.22. The van der Waals surface area contributed by atoms with Crippen LogP contribution in [-0.2, 0) is 14.3 Å². The van der Waals surface area contributed by atoms with Crippen molar-refractivity contribution in [3.05, 3.63) is 0 Å². The maximum atomic E-state index is 11.2. The number of rotatable bonds is 4. The molecule has 0 aromatic heterocycles. The Hall–Kier alpha value is -1.10. The second-order valence-corrected chi connectivity index (χ2v) is 3.77. The normalized spacial score (nSPS) is 23.7. The first-order valence-electron chi connectivity index (χ1n) is 5.14. The number of hydrogen-bond donors (Lipinski definition) is 1. The zero-order valence-electron chi connectivity index (χ0n) is 9.10. The Morgan fingerprint density at radius 1 is 1.60 bits per heavy atom. The van der Waals surface area contributed by atoms with Gasteiger partial charge in [0.1, 0.15) is 6.04 Å². The fourth-order valence-electron chi connectivity index (χ4n) is 2.02. The highest BCUT2D eigenvalue weighted by Crippen LogP contribution is 2.21. The molecule has 1 fully saturated rings. The van der Waals surface area contributed by atoms with Gasteiger partial charge in [-0.05, 0) is 19.4 Å². The van der Waals surface area contributed by atoms with Gasteiger partial charge in [0.25, 0.3) is 0 Å². The van der Waals surface area contributed by atoms with Gasteiger partial charge in [0.05, 0.1) is 13.0 Å². The van der Waals surface area contributed by atoms with Crippen molar-refractivity contribution in [1.29, 1.82) is 0 Å². The molecule has 0 amide bonds. The number of carbonyl (C=O) groups is 2. The van der Waals surface area contributed by atoms with Crippen LogP contribution in [0.3, 0.4) is 0 Å². The molecule has 0 aromatic carbocycles. The number of hydrogen-bond acceptors (Lipinski definition) is 4. The van der Waals surface area contributed by atoms with E-state index in [2.05, 4.69) is 4.74 Å². The van der Waals surface area contributed by atoms with Crippen LogP contribution in [-0.4, -0.2) is 48.2 Å². The van der Waals surface area contributed by atoms with Gasteiger partial charge < -0.3 is 9.84 Å². The van der Waals surface area contributed by atoms with E-state index < -0.39 is 12.0 Å². The lowest BCUT2D eigenvalue weighted by atomic mass is 10.1. The first kappa shape index (κ1) is 12.0. The summed E-state index contributed by atoms with van der Waals surface area (Å²) >= 11 is 0. The van der Waals surface area contributed by atoms with Gasteiger partial charge in [0.2, 0.25) is 0 Å². The summed E-state index contributed by atoms with van der Waals surface area (Å²) < 4.78 is 4.64. The number of carboxylic acids is 1. The Kier molecular flexibility index (Phi) is 4.08. The smallest absolute Gasteiger partial charge is 0.320 e. The molecule has 1 N–H and O–H groups in total. The predicted octanol–water partition coefficient (Wildman–Crippen LogP) is 0.344. The van der Waals surface area contributed by atoms with Crippen LogP contribution >= 0.6 is 0 Å². The van der Waals surface area contributed by atoms with E-state index in [1.54, 1.807) is 0 Å². The van der Waals surface area contributed by atoms with Crippen LogP contribution in [0.1, 0.15) is 19.8 Å². The molecule has 5 heteroatoms. The molecule has 1 saturated heterocycles. The number of ether oxygens (including phenoxy) is 1. The molecular weight excluding hydrogens is 198 g/mol. The summed E-state index contributed by atoms with van der Waals surface area (Å²) in [6, 6.07) is -0.473. The quantitative estimate of drug-likeness (QED) is 0.685. The minimum Gasteiger partial charge on any atom is -0.480 e. The maximum Gasteiger partial charge on any atom is 0.320 e. The zero-order chi connectivity index (χ0) is 11.4. The van der Waals surface area contributed by atoms with E-state index in [1.807, 2.05) is 11.8 Å². The number of nitrogens with zero attached hydrogens (tertiary/aromatic N) is 1. The average Bonchev–Trinajstić information content (AvgIpc) is 2.66. The molecule has 0 spiro atoms. The number of aliphatic carboxylic acids is 1. The maximum absolute atomic E-state index is 11.2. The fraction of sp³-hybridized carbons (Fsp3) is 0.800. The Labute approximate surface area is 89.0 Å². The lowest BCUT2D eigenvalue weighted by molar-refractivity contribution is -0.147. The number of carbonyl (C=O) groups excluding carboxylic acids is 1. The third kappa shape index (κ3) is 2.68. The number of carboxylic acid groups (broad SMARTS) is 1. The van der Waals surface area contributed by atoms with E-state index in [-0.39, 0.29) is 11.9 Å². The molecule has 1 rings (SSSR count). The lowest BCUT2D eigenvalue weighted by Gasteiger charge is -2.22. The monoisotopic (exact) mass is 215 g/mol. The topological polar surface area (TPSA) is 66.8 Å². The number of esters is 1. The standard InChI is InChI=1S/C10H17NO4/c1-3-8(9(12)13)11-5-4-7(6-11)10(14)15-2/h7-8H,3-6H2,1-2H3,(H,12,13). The molecule has 0 bridgehead atoms. The van der Waals surface area contributed by atoms with Crippen LogP contribution < -0.4 is 0 Å². The van der Waals surface area contributed by atoms with E-state index >= 15 is 0 Å². The van der Waals surface area contributed by atoms with E-state index in [9.17, 15) is 9.59 Å². The molecule has 1 aliphatic heterocycles. The summed E-state index contributed by atoms with van der Waals surface area (Å²) in [5.41, 5.74) is 0. The van der Waals surface area contributed by atoms with Gasteiger partial charge in [-0.2, -0.15) is 0 Å². The Bertz CT molecular complexity index is 254. The van der Waals surface area contributed by atoms with E-state index in [0.717, 1.165) is 0 Å². The van der Waals surface area contributed by atoms with Crippen molar-refractivity contribution in [1.82, 2.24) is 4.90 Å². The average molecular weight is 215 g/mol. The van der Waals surface area contributed by atoms with Crippen LogP contribution in [0.25, 0.3) is 0 Å². The SMILES string of the molecule is CCC(C(=O)O)N1CCC(C(=O)OC)C1. The summed E-state index contributed by atoms with van der Waals surface area (Å²) in [5, 5.41) is 8.96. The molecule has 5 nitrogen and oxygen atoms in total. The van der Waals surface area contributed by atoms with Gasteiger partial charge in [-0.15, -0.1) is 0 Å². The van der Waals surface area contributed by atoms with Crippen LogP contribution in [0, 0.1) is 5.92 Å². The molecule has 86 valence electrons. The van der Waals surface area contributed by atoms with Crippen LogP contribution in [0.4, 0.5) is 0 Å². The van der Waals surface area contributed by atoms with Crippen molar-refractivity contribution >= 4 is 11.9 Å². The second-order valence-electron chi connectivity index (χ2n) is 3.77. The highest BCUT2D eigenvalue weighted by atomic mass is 16.5. The largest absolute Gasteiger partial charge is 0.480 e. The van der Waals surface area contributed by atoms with Crippen molar-refractivity contribution in [3.63, 3.8) is 0 Å². The van der Waals surface area contributed by atoms with Crippen molar-refractivity contribution in [3.8, 4) is 0 Å². The predicted molar refractivity (Wildman–Crippen MR) is 53.4 cm³/mol. The molecule has 0 aliphatic carbocycles. The van der Waals surface area contributed by atoms with Crippen molar-refractivity contribution in [2.75, 3.05) is 20.2 Å². The molecule has 1 aliphatic rings. The van der Waals surface area contributed by atoms with Gasteiger partial charge in [0, 0.05) is 6.54 Å². The van der Waals surface area contributed by atoms with Gasteiger partial charge in [0.15, 0.2) is 0 Å².